The molecule has 0 saturated carbocycles. The molecule has 0 aromatic heterocycles. The highest BCUT2D eigenvalue weighted by Gasteiger charge is 2.15. The van der Waals surface area contributed by atoms with E-state index in [1.54, 1.807) is 0 Å². The summed E-state index contributed by atoms with van der Waals surface area (Å²) in [6.45, 7) is 4.37. The average molecular weight is 241 g/mol. The van der Waals surface area contributed by atoms with Gasteiger partial charge in [-0.3, -0.25) is 4.79 Å². The molecule has 0 heterocycles. The first-order valence-electron chi connectivity index (χ1n) is 5.39. The minimum Gasteiger partial charge on any atom is -0.507 e. The lowest BCUT2D eigenvalue weighted by Gasteiger charge is -2.09. The van der Waals surface area contributed by atoms with E-state index in [-0.39, 0.29) is 24.0 Å². The molecule has 5 heteroatoms. The van der Waals surface area contributed by atoms with Crippen molar-refractivity contribution in [2.45, 2.75) is 20.0 Å². The second-order valence-corrected chi connectivity index (χ2v) is 3.81. The standard InChI is InChI=1S/C12H16FNO3/c1-8(2)17-7-6-14-12(16)11-9(13)4-3-5-10(11)15/h3-5,8,15H,6-7H2,1-2H3,(H,14,16). The fourth-order valence-electron chi connectivity index (χ4n) is 1.29. The van der Waals surface area contributed by atoms with Gasteiger partial charge in [-0.15, -0.1) is 0 Å². The molecule has 1 aromatic carbocycles. The first-order valence-corrected chi connectivity index (χ1v) is 5.39. The van der Waals surface area contributed by atoms with Crippen molar-refractivity contribution in [2.75, 3.05) is 13.2 Å². The van der Waals surface area contributed by atoms with Crippen molar-refractivity contribution in [3.8, 4) is 5.75 Å². The minimum absolute atomic E-state index is 0.0776. The molecule has 1 rings (SSSR count). The molecule has 0 aliphatic carbocycles. The van der Waals surface area contributed by atoms with E-state index < -0.39 is 11.7 Å². The van der Waals surface area contributed by atoms with E-state index in [1.165, 1.54) is 12.1 Å². The number of rotatable bonds is 5. The number of nitrogens with one attached hydrogen (secondary N) is 1. The molecule has 0 radical (unpaired) electrons. The van der Waals surface area contributed by atoms with E-state index in [1.807, 2.05) is 13.8 Å². The smallest absolute Gasteiger partial charge is 0.258 e. The van der Waals surface area contributed by atoms with Gasteiger partial charge in [-0.1, -0.05) is 6.07 Å². The van der Waals surface area contributed by atoms with Crippen LogP contribution in [-0.4, -0.2) is 30.3 Å². The fraction of sp³-hybridized carbons (Fsp3) is 0.417. The number of amides is 1. The minimum atomic E-state index is -0.743. The largest absolute Gasteiger partial charge is 0.507 e. The van der Waals surface area contributed by atoms with Crippen molar-refractivity contribution in [3.63, 3.8) is 0 Å². The Hall–Kier alpha value is -1.62. The maximum absolute atomic E-state index is 13.3. The lowest BCUT2D eigenvalue weighted by molar-refractivity contribution is 0.0744. The quantitative estimate of drug-likeness (QED) is 0.771. The number of benzene rings is 1. The van der Waals surface area contributed by atoms with Gasteiger partial charge in [0.25, 0.3) is 5.91 Å². The molecule has 1 aromatic rings. The third-order valence-corrected chi connectivity index (χ3v) is 2.06. The van der Waals surface area contributed by atoms with Gasteiger partial charge in [0.2, 0.25) is 0 Å². The molecule has 0 aliphatic heterocycles. The number of ether oxygens (including phenoxy) is 1. The van der Waals surface area contributed by atoms with E-state index in [0.717, 1.165) is 6.07 Å². The van der Waals surface area contributed by atoms with E-state index in [4.69, 9.17) is 4.74 Å². The second kappa shape index (κ2) is 6.20. The number of hydrogen-bond acceptors (Lipinski definition) is 3. The molecule has 0 saturated heterocycles. The predicted octanol–water partition coefficient (Wildman–Crippen LogP) is 1.69. The van der Waals surface area contributed by atoms with Gasteiger partial charge in [-0.25, -0.2) is 4.39 Å². The second-order valence-electron chi connectivity index (χ2n) is 3.81. The first kappa shape index (κ1) is 13.4. The summed E-state index contributed by atoms with van der Waals surface area (Å²) in [6.07, 6.45) is 0.0776. The fourth-order valence-corrected chi connectivity index (χ4v) is 1.29. The highest BCUT2D eigenvalue weighted by molar-refractivity contribution is 5.97. The van der Waals surface area contributed by atoms with Crippen LogP contribution in [0.15, 0.2) is 18.2 Å². The van der Waals surface area contributed by atoms with Gasteiger partial charge in [0.1, 0.15) is 17.1 Å². The first-order chi connectivity index (χ1) is 8.02. The van der Waals surface area contributed by atoms with Gasteiger partial charge in [0, 0.05) is 6.54 Å². The zero-order valence-electron chi connectivity index (χ0n) is 9.87. The summed E-state index contributed by atoms with van der Waals surface area (Å²) in [5, 5.41) is 11.8. The van der Waals surface area contributed by atoms with E-state index in [2.05, 4.69) is 5.32 Å². The molecule has 0 bridgehead atoms. The molecule has 0 unspecified atom stereocenters. The Morgan fingerprint density at radius 2 is 2.24 bits per heavy atom. The molecule has 4 nitrogen and oxygen atoms in total. The van der Waals surface area contributed by atoms with Gasteiger partial charge in [-0.2, -0.15) is 0 Å². The molecular formula is C12H16FNO3. The summed E-state index contributed by atoms with van der Waals surface area (Å²) in [5.41, 5.74) is -0.336. The van der Waals surface area contributed by atoms with Crippen LogP contribution in [-0.2, 0) is 4.74 Å². The lowest BCUT2D eigenvalue weighted by Crippen LogP contribution is -2.28. The van der Waals surface area contributed by atoms with Crippen molar-refractivity contribution >= 4 is 5.91 Å². The Balaban J connectivity index is 2.53. The van der Waals surface area contributed by atoms with Crippen LogP contribution in [0.25, 0.3) is 0 Å². The molecule has 94 valence electrons. The summed E-state index contributed by atoms with van der Waals surface area (Å²) in [5.74, 6) is -1.76. The van der Waals surface area contributed by atoms with Crippen LogP contribution in [0, 0.1) is 5.82 Å². The van der Waals surface area contributed by atoms with Crippen molar-refractivity contribution in [3.05, 3.63) is 29.6 Å². The van der Waals surface area contributed by atoms with Crippen molar-refractivity contribution in [2.24, 2.45) is 0 Å². The van der Waals surface area contributed by atoms with Gasteiger partial charge in [0.05, 0.1) is 12.7 Å². The summed E-state index contributed by atoms with van der Waals surface area (Å²) in [4.78, 5) is 11.6. The molecule has 0 atom stereocenters. The highest BCUT2D eigenvalue weighted by atomic mass is 19.1. The van der Waals surface area contributed by atoms with Gasteiger partial charge in [0.15, 0.2) is 0 Å². The summed E-state index contributed by atoms with van der Waals surface area (Å²) in [7, 11) is 0. The Labute approximate surface area is 99.4 Å². The van der Waals surface area contributed by atoms with Crippen LogP contribution >= 0.6 is 0 Å². The topological polar surface area (TPSA) is 58.6 Å². The van der Waals surface area contributed by atoms with Gasteiger partial charge < -0.3 is 15.2 Å². The molecule has 1 amide bonds. The summed E-state index contributed by atoms with van der Waals surface area (Å²) >= 11 is 0. The molecular weight excluding hydrogens is 225 g/mol. The zero-order valence-corrected chi connectivity index (χ0v) is 9.87. The third kappa shape index (κ3) is 4.03. The Bertz CT molecular complexity index is 373. The molecule has 0 aliphatic rings. The van der Waals surface area contributed by atoms with Crippen LogP contribution in [0.3, 0.4) is 0 Å². The van der Waals surface area contributed by atoms with E-state index >= 15 is 0 Å². The molecule has 0 spiro atoms. The van der Waals surface area contributed by atoms with Crippen LogP contribution in [0.5, 0.6) is 5.75 Å². The van der Waals surface area contributed by atoms with E-state index in [0.29, 0.717) is 6.61 Å². The number of carbonyl (C=O) groups is 1. The Morgan fingerprint density at radius 1 is 1.53 bits per heavy atom. The van der Waals surface area contributed by atoms with Crippen LogP contribution < -0.4 is 5.32 Å². The van der Waals surface area contributed by atoms with E-state index in [9.17, 15) is 14.3 Å². The molecule has 17 heavy (non-hydrogen) atoms. The number of aromatic hydroxyl groups is 1. The third-order valence-electron chi connectivity index (χ3n) is 2.06. The van der Waals surface area contributed by atoms with Crippen LogP contribution in [0.1, 0.15) is 24.2 Å². The number of carbonyl (C=O) groups excluding carboxylic acids is 1. The SMILES string of the molecule is CC(C)OCCNC(=O)c1c(O)cccc1F. The van der Waals surface area contributed by atoms with Crippen molar-refractivity contribution < 1.29 is 19.0 Å². The number of hydrogen-bond donors (Lipinski definition) is 2. The monoisotopic (exact) mass is 241 g/mol. The predicted molar refractivity (Wildman–Crippen MR) is 61.5 cm³/mol. The Kier molecular flexibility index (Phi) is 4.90. The van der Waals surface area contributed by atoms with Gasteiger partial charge >= 0.3 is 0 Å². The van der Waals surface area contributed by atoms with Crippen molar-refractivity contribution in [1.82, 2.24) is 5.32 Å². The summed E-state index contributed by atoms with van der Waals surface area (Å²) in [6, 6.07) is 3.73. The van der Waals surface area contributed by atoms with Gasteiger partial charge in [-0.05, 0) is 26.0 Å². The maximum Gasteiger partial charge on any atom is 0.258 e. The number of phenolic OH excluding ortho intramolecular Hbond substituents is 1. The Morgan fingerprint density at radius 3 is 2.82 bits per heavy atom. The van der Waals surface area contributed by atoms with Crippen LogP contribution in [0.2, 0.25) is 0 Å². The normalized spacial score (nSPS) is 10.6. The zero-order chi connectivity index (χ0) is 12.8. The lowest BCUT2D eigenvalue weighted by atomic mass is 10.2. The molecule has 2 N–H and O–H groups in total. The average Bonchev–Trinajstić information content (AvgIpc) is 2.24. The molecule has 0 fully saturated rings. The summed E-state index contributed by atoms with van der Waals surface area (Å²) < 4.78 is 18.5. The van der Waals surface area contributed by atoms with Crippen LogP contribution in [0.4, 0.5) is 4.39 Å². The maximum atomic E-state index is 13.3. The van der Waals surface area contributed by atoms with Crippen molar-refractivity contribution in [1.29, 1.82) is 0 Å². The number of phenols is 1. The number of halogens is 1. The highest BCUT2D eigenvalue weighted by Crippen LogP contribution is 2.19.